The first-order chi connectivity index (χ1) is 11.0. The summed E-state index contributed by atoms with van der Waals surface area (Å²) in [6.07, 6.45) is 4.25. The van der Waals surface area contributed by atoms with Crippen LogP contribution in [0.4, 0.5) is 0 Å². The number of hydrogen-bond donors (Lipinski definition) is 2. The van der Waals surface area contributed by atoms with Gasteiger partial charge in [0.1, 0.15) is 0 Å². The molecule has 3 rings (SSSR count). The quantitative estimate of drug-likeness (QED) is 0.656. The van der Waals surface area contributed by atoms with Crippen molar-refractivity contribution in [2.45, 2.75) is 56.8 Å². The summed E-state index contributed by atoms with van der Waals surface area (Å²) in [7, 11) is 1.82. The Morgan fingerprint density at radius 1 is 1.30 bits per heavy atom. The third-order valence-electron chi connectivity index (χ3n) is 4.98. The lowest BCUT2D eigenvalue weighted by atomic mass is 9.84. The monoisotopic (exact) mass is 335 g/mol. The molecular weight excluding hydrogens is 310 g/mol. The Hall–Kier alpha value is -1.26. The molecule has 5 heteroatoms. The number of benzene rings is 1. The van der Waals surface area contributed by atoms with Crippen LogP contribution in [0, 0.1) is 0 Å². The van der Waals surface area contributed by atoms with Gasteiger partial charge in [-0.2, -0.15) is 0 Å². The normalized spacial score (nSPS) is 27.3. The second-order valence-corrected chi connectivity index (χ2v) is 7.61. The number of fused-ring (bicyclic) bond motifs is 2. The van der Waals surface area contributed by atoms with Crippen molar-refractivity contribution in [2.75, 3.05) is 13.6 Å². The zero-order valence-corrected chi connectivity index (χ0v) is 14.9. The fourth-order valence-electron chi connectivity index (χ4n) is 3.47. The third-order valence-corrected chi connectivity index (χ3v) is 5.23. The topological polar surface area (TPSA) is 45.7 Å². The molecule has 2 aliphatic rings. The van der Waals surface area contributed by atoms with Crippen molar-refractivity contribution in [3.8, 4) is 0 Å². The van der Waals surface area contributed by atoms with Crippen molar-refractivity contribution in [3.05, 3.63) is 34.9 Å². The number of nitrogens with one attached hydrogen (secondary N) is 2. The zero-order valence-electron chi connectivity index (χ0n) is 14.1. The van der Waals surface area contributed by atoms with Gasteiger partial charge in [0.15, 0.2) is 5.96 Å². The van der Waals surface area contributed by atoms with E-state index in [1.165, 1.54) is 12.0 Å². The summed E-state index contributed by atoms with van der Waals surface area (Å²) in [5.41, 5.74) is 1.25. The lowest BCUT2D eigenvalue weighted by molar-refractivity contribution is 0.0992. The first-order valence-corrected chi connectivity index (χ1v) is 8.74. The van der Waals surface area contributed by atoms with Crippen LogP contribution < -0.4 is 10.6 Å². The summed E-state index contributed by atoms with van der Waals surface area (Å²) in [6.45, 7) is 5.24. The van der Waals surface area contributed by atoms with E-state index in [0.717, 1.165) is 30.4 Å². The van der Waals surface area contributed by atoms with Gasteiger partial charge in [0.05, 0.1) is 18.2 Å². The van der Waals surface area contributed by atoms with Crippen LogP contribution in [0.5, 0.6) is 0 Å². The summed E-state index contributed by atoms with van der Waals surface area (Å²) >= 11 is 5.98. The summed E-state index contributed by atoms with van der Waals surface area (Å²) in [4.78, 5) is 4.36. The Morgan fingerprint density at radius 2 is 2.04 bits per heavy atom. The second-order valence-electron chi connectivity index (χ2n) is 7.18. The van der Waals surface area contributed by atoms with E-state index in [2.05, 4.69) is 41.6 Å². The minimum Gasteiger partial charge on any atom is -0.373 e. The highest BCUT2D eigenvalue weighted by Crippen LogP contribution is 2.34. The van der Waals surface area contributed by atoms with Crippen LogP contribution in [0.1, 0.15) is 38.7 Å². The third kappa shape index (κ3) is 3.81. The van der Waals surface area contributed by atoms with Crippen molar-refractivity contribution >= 4 is 17.6 Å². The minimum atomic E-state index is -0.00656. The number of hydrogen-bond acceptors (Lipinski definition) is 2. The largest absolute Gasteiger partial charge is 0.373 e. The Balaban J connectivity index is 1.56. The standard InChI is InChI=1S/C18H26ClN3O/c1-18(2,12-4-6-13(19)7-5-12)11-21-17(20-3)22-15-10-14-8-9-16(15)23-14/h4-7,14-16H,8-11H2,1-3H3,(H2,20,21,22). The molecule has 2 N–H and O–H groups in total. The predicted octanol–water partition coefficient (Wildman–Crippen LogP) is 3.10. The number of nitrogens with zero attached hydrogens (tertiary/aromatic N) is 1. The van der Waals surface area contributed by atoms with Crippen molar-refractivity contribution in [1.82, 2.24) is 10.6 Å². The Morgan fingerprint density at radius 3 is 2.61 bits per heavy atom. The molecule has 2 aliphatic heterocycles. The summed E-state index contributed by atoms with van der Waals surface area (Å²) in [6, 6.07) is 8.45. The molecule has 0 saturated carbocycles. The summed E-state index contributed by atoms with van der Waals surface area (Å²) < 4.78 is 5.90. The number of ether oxygens (including phenoxy) is 1. The second kappa shape index (κ2) is 6.70. The molecule has 2 bridgehead atoms. The van der Waals surface area contributed by atoms with Gasteiger partial charge >= 0.3 is 0 Å². The van der Waals surface area contributed by atoms with Crippen LogP contribution in [-0.4, -0.2) is 37.8 Å². The molecule has 0 aromatic heterocycles. The summed E-state index contributed by atoms with van der Waals surface area (Å²) in [5, 5.41) is 7.75. The molecule has 2 fully saturated rings. The Kier molecular flexibility index (Phi) is 4.83. The van der Waals surface area contributed by atoms with E-state index in [-0.39, 0.29) is 5.41 Å². The fourth-order valence-corrected chi connectivity index (χ4v) is 3.59. The van der Waals surface area contributed by atoms with Gasteiger partial charge in [-0.3, -0.25) is 4.99 Å². The van der Waals surface area contributed by atoms with Gasteiger partial charge in [0, 0.05) is 24.0 Å². The zero-order chi connectivity index (χ0) is 16.4. The van der Waals surface area contributed by atoms with E-state index in [4.69, 9.17) is 16.3 Å². The maximum Gasteiger partial charge on any atom is 0.191 e. The number of rotatable bonds is 4. The van der Waals surface area contributed by atoms with Gasteiger partial charge in [-0.15, -0.1) is 0 Å². The van der Waals surface area contributed by atoms with E-state index >= 15 is 0 Å². The van der Waals surface area contributed by atoms with Crippen molar-refractivity contribution in [2.24, 2.45) is 4.99 Å². The highest BCUT2D eigenvalue weighted by atomic mass is 35.5. The highest BCUT2D eigenvalue weighted by molar-refractivity contribution is 6.30. The summed E-state index contributed by atoms with van der Waals surface area (Å²) in [5.74, 6) is 0.855. The number of guanidine groups is 1. The van der Waals surface area contributed by atoms with Gasteiger partial charge in [-0.1, -0.05) is 37.6 Å². The lowest BCUT2D eigenvalue weighted by Crippen LogP contribution is -2.49. The van der Waals surface area contributed by atoms with Gasteiger partial charge in [0.2, 0.25) is 0 Å². The molecular formula is C18H26ClN3O. The number of halogens is 1. The average Bonchev–Trinajstić information content (AvgIpc) is 3.14. The smallest absolute Gasteiger partial charge is 0.191 e. The van der Waals surface area contributed by atoms with Crippen molar-refractivity contribution in [3.63, 3.8) is 0 Å². The minimum absolute atomic E-state index is 0.00656. The SMILES string of the molecule is CN=C(NCC(C)(C)c1ccc(Cl)cc1)NC1CC2CCC1O2. The molecule has 1 aromatic carbocycles. The number of aliphatic imine (C=N–C) groups is 1. The molecule has 0 amide bonds. The van der Waals surface area contributed by atoms with Crippen molar-refractivity contribution < 1.29 is 4.74 Å². The first-order valence-electron chi connectivity index (χ1n) is 8.36. The van der Waals surface area contributed by atoms with Crippen molar-refractivity contribution in [1.29, 1.82) is 0 Å². The molecule has 2 saturated heterocycles. The Bertz CT molecular complexity index is 570. The van der Waals surface area contributed by atoms with Crippen LogP contribution in [-0.2, 0) is 10.2 Å². The maximum absolute atomic E-state index is 5.98. The molecule has 1 aromatic rings. The van der Waals surface area contributed by atoms with Crippen LogP contribution in [0.3, 0.4) is 0 Å². The highest BCUT2D eigenvalue weighted by Gasteiger charge is 2.41. The van der Waals surface area contributed by atoms with E-state index in [0.29, 0.717) is 18.2 Å². The molecule has 2 heterocycles. The first kappa shape index (κ1) is 16.6. The van der Waals surface area contributed by atoms with Crippen LogP contribution >= 0.6 is 11.6 Å². The molecule has 126 valence electrons. The average molecular weight is 336 g/mol. The fraction of sp³-hybridized carbons (Fsp3) is 0.611. The molecule has 3 atom stereocenters. The van der Waals surface area contributed by atoms with E-state index in [1.54, 1.807) is 0 Å². The molecule has 23 heavy (non-hydrogen) atoms. The maximum atomic E-state index is 5.98. The van der Waals surface area contributed by atoms with Gasteiger partial charge in [-0.05, 0) is 37.0 Å². The van der Waals surface area contributed by atoms with E-state index in [1.807, 2.05) is 19.2 Å². The molecule has 3 unspecified atom stereocenters. The molecule has 0 spiro atoms. The molecule has 4 nitrogen and oxygen atoms in total. The Labute approximate surface area is 143 Å². The van der Waals surface area contributed by atoms with Crippen LogP contribution in [0.2, 0.25) is 5.02 Å². The predicted molar refractivity (Wildman–Crippen MR) is 95.3 cm³/mol. The van der Waals surface area contributed by atoms with E-state index < -0.39 is 0 Å². The van der Waals surface area contributed by atoms with Crippen LogP contribution in [0.15, 0.2) is 29.3 Å². The lowest BCUT2D eigenvalue weighted by Gasteiger charge is -2.28. The van der Waals surface area contributed by atoms with Gasteiger partial charge in [0.25, 0.3) is 0 Å². The molecule has 0 radical (unpaired) electrons. The van der Waals surface area contributed by atoms with Gasteiger partial charge in [-0.25, -0.2) is 0 Å². The van der Waals surface area contributed by atoms with E-state index in [9.17, 15) is 0 Å². The molecule has 0 aliphatic carbocycles. The van der Waals surface area contributed by atoms with Crippen LogP contribution in [0.25, 0.3) is 0 Å². The van der Waals surface area contributed by atoms with Gasteiger partial charge < -0.3 is 15.4 Å².